The summed E-state index contributed by atoms with van der Waals surface area (Å²) < 4.78 is 0. The van der Waals surface area contributed by atoms with Gasteiger partial charge < -0.3 is 10.6 Å². The zero-order chi connectivity index (χ0) is 39.8. The van der Waals surface area contributed by atoms with Gasteiger partial charge in [0, 0.05) is 35.3 Å². The Kier molecular flexibility index (Phi) is 9.80. The third-order valence-electron chi connectivity index (χ3n) is 11.8. The van der Waals surface area contributed by atoms with Crippen molar-refractivity contribution in [3.8, 4) is 0 Å². The molecule has 2 atom stereocenters. The summed E-state index contributed by atoms with van der Waals surface area (Å²) in [5.41, 5.74) is 14.0. The van der Waals surface area contributed by atoms with E-state index in [1.165, 1.54) is 38.6 Å². The van der Waals surface area contributed by atoms with Crippen molar-refractivity contribution in [1.82, 2.24) is 0 Å². The number of anilines is 2. The summed E-state index contributed by atoms with van der Waals surface area (Å²) in [4.78, 5) is 12.9. The van der Waals surface area contributed by atoms with Crippen LogP contribution in [0.25, 0.3) is 10.8 Å². The van der Waals surface area contributed by atoms with Crippen LogP contribution in [0.4, 0.5) is 17.1 Å². The second-order valence-electron chi connectivity index (χ2n) is 15.6. The summed E-state index contributed by atoms with van der Waals surface area (Å²) in [6.45, 7) is 6.49. The highest BCUT2D eigenvalue weighted by molar-refractivity contribution is 5.93. The Bertz CT molecular complexity index is 2540. The van der Waals surface area contributed by atoms with Crippen LogP contribution in [0.3, 0.4) is 0 Å². The molecule has 8 aromatic carbocycles. The van der Waals surface area contributed by atoms with Crippen LogP contribution >= 0.6 is 0 Å². The van der Waals surface area contributed by atoms with E-state index in [9.17, 15) is 10.1 Å². The molecule has 0 fully saturated rings. The minimum absolute atomic E-state index is 0.0571. The van der Waals surface area contributed by atoms with Crippen LogP contribution in [0.1, 0.15) is 85.1 Å². The highest BCUT2D eigenvalue weighted by atomic mass is 16.6. The van der Waals surface area contributed by atoms with E-state index < -0.39 is 0 Å². The van der Waals surface area contributed by atoms with Crippen LogP contribution in [0.5, 0.6) is 0 Å². The molecule has 2 unspecified atom stereocenters. The molecule has 0 saturated heterocycles. The number of hydrogen-bond donors (Lipinski definition) is 2. The molecule has 0 amide bonds. The Morgan fingerprint density at radius 1 is 0.483 bits per heavy atom. The molecule has 1 aliphatic rings. The summed E-state index contributed by atoms with van der Waals surface area (Å²) in [6, 6.07) is 62.4. The zero-order valence-corrected chi connectivity index (χ0v) is 32.9. The van der Waals surface area contributed by atoms with Crippen LogP contribution in [-0.4, -0.2) is 4.92 Å². The van der Waals surface area contributed by atoms with Crippen LogP contribution in [0.2, 0.25) is 0 Å². The van der Waals surface area contributed by atoms with E-state index >= 15 is 0 Å². The average molecular weight is 756 g/mol. The Hall–Kier alpha value is -6.98. The lowest BCUT2D eigenvalue weighted by molar-refractivity contribution is -0.385. The highest BCUT2D eigenvalue weighted by Gasteiger charge is 2.38. The van der Waals surface area contributed by atoms with Crippen LogP contribution in [0.15, 0.2) is 182 Å². The number of benzene rings is 8. The summed E-state index contributed by atoms with van der Waals surface area (Å²) in [5, 5.41) is 23.9. The monoisotopic (exact) mass is 755 g/mol. The largest absolute Gasteiger partial charge is 0.375 e. The van der Waals surface area contributed by atoms with Gasteiger partial charge >= 0.3 is 0 Å². The summed E-state index contributed by atoms with van der Waals surface area (Å²) >= 11 is 0. The Labute approximate surface area is 340 Å². The maximum absolute atomic E-state index is 13.1. The number of nitrogens with zero attached hydrogens (tertiary/aromatic N) is 1. The molecule has 0 radical (unpaired) electrons. The smallest absolute Gasteiger partial charge is 0.270 e. The molecule has 0 aromatic heterocycles. The molecule has 8 aromatic rings. The van der Waals surface area contributed by atoms with E-state index in [2.05, 4.69) is 128 Å². The van der Waals surface area contributed by atoms with Crippen molar-refractivity contribution in [2.45, 2.75) is 44.7 Å². The van der Waals surface area contributed by atoms with Crippen LogP contribution in [0, 0.1) is 30.9 Å². The van der Waals surface area contributed by atoms with Gasteiger partial charge in [0.15, 0.2) is 0 Å². The number of nitro groups is 1. The third-order valence-corrected chi connectivity index (χ3v) is 11.8. The fraction of sp³-hybridized carbons (Fsp3) is 0.132. The van der Waals surface area contributed by atoms with Crippen molar-refractivity contribution in [2.75, 3.05) is 10.6 Å². The van der Waals surface area contributed by atoms with E-state index in [1.807, 2.05) is 84.9 Å². The number of hydrogen-bond acceptors (Lipinski definition) is 4. The third kappa shape index (κ3) is 6.79. The second-order valence-corrected chi connectivity index (χ2v) is 15.6. The van der Waals surface area contributed by atoms with Crippen LogP contribution in [-0.2, 0) is 0 Å². The predicted octanol–water partition coefficient (Wildman–Crippen LogP) is 13.4. The molecule has 0 bridgehead atoms. The van der Waals surface area contributed by atoms with Gasteiger partial charge in [-0.15, -0.1) is 0 Å². The molecule has 9 rings (SSSR count). The number of non-ortho nitro benzene ring substituents is 1. The Morgan fingerprint density at radius 2 is 0.862 bits per heavy atom. The number of nitro benzene ring substituents is 1. The number of nitrogens with one attached hydrogen (secondary N) is 2. The summed E-state index contributed by atoms with van der Waals surface area (Å²) in [7, 11) is 0. The van der Waals surface area contributed by atoms with Gasteiger partial charge in [0.25, 0.3) is 5.69 Å². The lowest BCUT2D eigenvalue weighted by atomic mass is 9.78. The molecular formula is C53H45N3O2. The van der Waals surface area contributed by atoms with Gasteiger partial charge in [0.1, 0.15) is 0 Å². The normalized spacial score (nSPS) is 14.6. The van der Waals surface area contributed by atoms with Gasteiger partial charge in [-0.05, 0) is 87.2 Å². The van der Waals surface area contributed by atoms with Gasteiger partial charge in [-0.1, -0.05) is 175 Å². The van der Waals surface area contributed by atoms with Gasteiger partial charge in [-0.25, -0.2) is 0 Å². The molecule has 58 heavy (non-hydrogen) atoms. The first kappa shape index (κ1) is 36.6. The first-order valence-corrected chi connectivity index (χ1v) is 20.0. The first-order chi connectivity index (χ1) is 28.4. The van der Waals surface area contributed by atoms with E-state index in [1.54, 1.807) is 0 Å². The lowest BCUT2D eigenvalue weighted by Gasteiger charge is -2.33. The number of rotatable bonds is 11. The fourth-order valence-corrected chi connectivity index (χ4v) is 9.40. The molecule has 284 valence electrons. The number of aryl methyl sites for hydroxylation is 3. The topological polar surface area (TPSA) is 67.2 Å². The van der Waals surface area contributed by atoms with Gasteiger partial charge in [0.05, 0.1) is 17.0 Å². The average Bonchev–Trinajstić information content (AvgIpc) is 3.54. The molecule has 0 spiro atoms. The van der Waals surface area contributed by atoms with Crippen molar-refractivity contribution in [3.63, 3.8) is 0 Å². The van der Waals surface area contributed by atoms with Crippen LogP contribution < -0.4 is 10.6 Å². The van der Waals surface area contributed by atoms with Crippen molar-refractivity contribution in [2.24, 2.45) is 0 Å². The van der Waals surface area contributed by atoms with Gasteiger partial charge in [-0.2, -0.15) is 0 Å². The van der Waals surface area contributed by atoms with E-state index in [4.69, 9.17) is 0 Å². The molecule has 2 N–H and O–H groups in total. The Morgan fingerprint density at radius 3 is 1.24 bits per heavy atom. The van der Waals surface area contributed by atoms with Crippen molar-refractivity contribution in [3.05, 3.63) is 253 Å². The molecule has 1 aliphatic carbocycles. The Balaban J connectivity index is 1.35. The van der Waals surface area contributed by atoms with Gasteiger partial charge in [-0.3, -0.25) is 10.1 Å². The lowest BCUT2D eigenvalue weighted by Crippen LogP contribution is -2.24. The van der Waals surface area contributed by atoms with E-state index in [-0.39, 0.29) is 34.5 Å². The fourth-order valence-electron chi connectivity index (χ4n) is 9.40. The highest BCUT2D eigenvalue weighted by Crippen LogP contribution is 2.52. The molecule has 0 heterocycles. The van der Waals surface area contributed by atoms with Gasteiger partial charge in [0.2, 0.25) is 0 Å². The van der Waals surface area contributed by atoms with Crippen molar-refractivity contribution in [1.29, 1.82) is 0 Å². The molecular weight excluding hydrogens is 711 g/mol. The maximum atomic E-state index is 13.1. The minimum Gasteiger partial charge on any atom is -0.375 e. The standard InChI is InChI=1S/C53H45N3O2/c1-34-30-35(2)50(36(3)31-34)54-52-43-28-16-26-41-27-17-29-44(49(41)43)53(52)55-51-45(47(37-18-8-4-9-19-37)38-20-10-5-11-21-38)32-42(56(57)58)33-46(51)48(39-22-12-6-13-23-39)40-24-14-7-15-25-40/h4-33,47-48,52-55H,1-3H3. The molecule has 0 aliphatic heterocycles. The first-order valence-electron chi connectivity index (χ1n) is 20.0. The second kappa shape index (κ2) is 15.5. The molecule has 0 saturated carbocycles. The maximum Gasteiger partial charge on any atom is 0.270 e. The molecule has 5 heteroatoms. The molecule has 5 nitrogen and oxygen atoms in total. The summed E-state index contributed by atoms with van der Waals surface area (Å²) in [5.74, 6) is -0.633. The van der Waals surface area contributed by atoms with E-state index in [0.29, 0.717) is 0 Å². The quantitative estimate of drug-likeness (QED) is 0.0784. The van der Waals surface area contributed by atoms with E-state index in [0.717, 1.165) is 44.8 Å². The minimum atomic E-state index is -0.316. The zero-order valence-electron chi connectivity index (χ0n) is 32.9. The van der Waals surface area contributed by atoms with Crippen molar-refractivity contribution < 1.29 is 4.92 Å². The SMILES string of the molecule is Cc1cc(C)c(NC2c3cccc4cccc(c34)C2Nc2c(C(c3ccccc3)c3ccccc3)cc([N+](=O)[O-])cc2C(c2ccccc2)c2ccccc2)c(C)c1. The predicted molar refractivity (Wildman–Crippen MR) is 238 cm³/mol. The summed E-state index contributed by atoms with van der Waals surface area (Å²) in [6.07, 6.45) is 0. The van der Waals surface area contributed by atoms with Crippen molar-refractivity contribution >= 4 is 27.8 Å².